The molecule has 174 valence electrons. The number of aliphatic carboxylic acids is 1. The van der Waals surface area contributed by atoms with E-state index in [4.69, 9.17) is 0 Å². The lowest BCUT2D eigenvalue weighted by Gasteiger charge is -2.29. The molecule has 4 nitrogen and oxygen atoms in total. The predicted molar refractivity (Wildman–Crippen MR) is 119 cm³/mol. The third-order valence-electron chi connectivity index (χ3n) is 5.58. The van der Waals surface area contributed by atoms with E-state index < -0.39 is 57.6 Å². The van der Waals surface area contributed by atoms with Gasteiger partial charge in [0.15, 0.2) is 0 Å². The van der Waals surface area contributed by atoms with Crippen molar-refractivity contribution in [1.82, 2.24) is 4.72 Å². The quantitative estimate of drug-likeness (QED) is 0.503. The molecule has 2 atom stereocenters. The van der Waals surface area contributed by atoms with Crippen molar-refractivity contribution < 1.29 is 27.6 Å². The summed E-state index contributed by atoms with van der Waals surface area (Å²) in [5.41, 5.74) is 1.38. The van der Waals surface area contributed by atoms with Crippen LogP contribution in [0.25, 0.3) is 11.1 Å². The minimum atomic E-state index is -1.76. The first kappa shape index (κ1) is 24.6. The third kappa shape index (κ3) is 5.13. The number of hydrogen-bond acceptors (Lipinski definition) is 3. The van der Waals surface area contributed by atoms with Crippen LogP contribution in [0, 0.1) is 31.3 Å². The Balaban J connectivity index is 2.25. The van der Waals surface area contributed by atoms with Gasteiger partial charge in [-0.15, -0.1) is 4.72 Å². The van der Waals surface area contributed by atoms with Crippen LogP contribution >= 0.6 is 0 Å². The zero-order valence-corrected chi connectivity index (χ0v) is 19.6. The van der Waals surface area contributed by atoms with Gasteiger partial charge in [-0.05, 0) is 93.8 Å². The second kappa shape index (κ2) is 9.08. The number of carboxylic acids is 1. The van der Waals surface area contributed by atoms with Crippen molar-refractivity contribution in [2.24, 2.45) is 0 Å². The molecule has 2 aromatic carbocycles. The summed E-state index contributed by atoms with van der Waals surface area (Å²) in [5, 5.41) is 9.41. The average Bonchev–Trinajstić information content (AvgIpc) is 3.46. The average molecular weight is 468 g/mol. The molecule has 1 saturated carbocycles. The Bertz CT molecular complexity index is 1020. The standard InChI is InChI=1S/C24H28F3NO3S/c1-12-8-15(25)9-13(2)20(12)17-10-16(14-6-7-14)22(26)21(23(17)27)18(11-19(29)30)28-32(31)24(3,4)5/h8-10,14,18,28H,6-7,11H2,1-5H3,(H,29,30). The van der Waals surface area contributed by atoms with Crippen LogP contribution in [0.2, 0.25) is 0 Å². The van der Waals surface area contributed by atoms with Crippen LogP contribution in [-0.4, -0.2) is 20.4 Å². The molecule has 2 unspecified atom stereocenters. The van der Waals surface area contributed by atoms with Crippen LogP contribution in [-0.2, 0) is 16.2 Å². The van der Waals surface area contributed by atoms with Gasteiger partial charge in [0.25, 0.3) is 0 Å². The number of rotatable bonds is 7. The smallest absolute Gasteiger partial charge is 0.305 e. The van der Waals surface area contributed by atoms with E-state index in [1.165, 1.54) is 18.2 Å². The molecular weight excluding hydrogens is 439 g/mol. The summed E-state index contributed by atoms with van der Waals surface area (Å²) in [6.45, 7) is 8.33. The van der Waals surface area contributed by atoms with Crippen molar-refractivity contribution in [2.45, 2.75) is 70.6 Å². The Morgan fingerprint density at radius 1 is 1.16 bits per heavy atom. The molecule has 0 spiro atoms. The van der Waals surface area contributed by atoms with Gasteiger partial charge in [0, 0.05) is 22.5 Å². The van der Waals surface area contributed by atoms with E-state index in [0.29, 0.717) is 22.3 Å². The third-order valence-corrected chi connectivity index (χ3v) is 7.19. The van der Waals surface area contributed by atoms with Gasteiger partial charge in [-0.25, -0.2) is 13.2 Å². The number of hydrogen-bond donors (Lipinski definition) is 2. The molecule has 0 bridgehead atoms. The highest BCUT2D eigenvalue weighted by Crippen LogP contribution is 2.46. The number of nitrogens with one attached hydrogen (secondary N) is 1. The normalized spacial score (nSPS) is 16.2. The van der Waals surface area contributed by atoms with Crippen molar-refractivity contribution in [3.63, 3.8) is 0 Å². The largest absolute Gasteiger partial charge is 0.598 e. The number of halogens is 3. The molecule has 0 amide bonds. The van der Waals surface area contributed by atoms with Gasteiger partial charge in [-0.3, -0.25) is 4.79 Å². The van der Waals surface area contributed by atoms with Gasteiger partial charge < -0.3 is 9.66 Å². The molecule has 32 heavy (non-hydrogen) atoms. The SMILES string of the molecule is Cc1cc(F)cc(C)c1-c1cc(C2CC2)c(F)c(C(CC(=O)O)N[S+]([O-])C(C)(C)C)c1F. The second-order valence-corrected chi connectivity index (χ2v) is 11.4. The lowest BCUT2D eigenvalue weighted by atomic mass is 9.88. The summed E-state index contributed by atoms with van der Waals surface area (Å²) in [4.78, 5) is 11.5. The molecule has 0 saturated heterocycles. The maximum absolute atomic E-state index is 15.9. The Hall–Kier alpha value is -2.03. The molecular formula is C24H28F3NO3S. The molecule has 0 radical (unpaired) electrons. The van der Waals surface area contributed by atoms with Gasteiger partial charge in [-0.1, -0.05) is 0 Å². The zero-order chi connectivity index (χ0) is 24.0. The van der Waals surface area contributed by atoms with E-state index in [-0.39, 0.29) is 11.5 Å². The van der Waals surface area contributed by atoms with Gasteiger partial charge in [0.2, 0.25) is 0 Å². The molecule has 8 heteroatoms. The van der Waals surface area contributed by atoms with E-state index in [0.717, 1.165) is 12.8 Å². The summed E-state index contributed by atoms with van der Waals surface area (Å²) in [6, 6.07) is 2.68. The minimum absolute atomic E-state index is 0.0900. The Kier molecular flexibility index (Phi) is 6.98. The molecule has 3 rings (SSSR count). The maximum Gasteiger partial charge on any atom is 0.305 e. The summed E-state index contributed by atoms with van der Waals surface area (Å²) < 4.78 is 59.9. The summed E-state index contributed by atoms with van der Waals surface area (Å²) in [7, 11) is 0. The van der Waals surface area contributed by atoms with Crippen molar-refractivity contribution in [2.75, 3.05) is 0 Å². The van der Waals surface area contributed by atoms with Crippen LogP contribution in [0.15, 0.2) is 18.2 Å². The Morgan fingerprint density at radius 2 is 1.72 bits per heavy atom. The minimum Gasteiger partial charge on any atom is -0.598 e. The van der Waals surface area contributed by atoms with Gasteiger partial charge in [-0.2, -0.15) is 0 Å². The van der Waals surface area contributed by atoms with Gasteiger partial charge in [0.05, 0.1) is 12.5 Å². The molecule has 2 N–H and O–H groups in total. The molecule has 1 aliphatic carbocycles. The van der Waals surface area contributed by atoms with E-state index in [9.17, 15) is 18.8 Å². The number of carbonyl (C=O) groups is 1. The lowest BCUT2D eigenvalue weighted by Crippen LogP contribution is -2.42. The second-order valence-electron chi connectivity index (χ2n) is 9.39. The van der Waals surface area contributed by atoms with Crippen molar-refractivity contribution in [3.8, 4) is 11.1 Å². The molecule has 1 fully saturated rings. The Morgan fingerprint density at radius 3 is 2.19 bits per heavy atom. The highest BCUT2D eigenvalue weighted by molar-refractivity contribution is 7.90. The topological polar surface area (TPSA) is 72.4 Å². The fourth-order valence-electron chi connectivity index (χ4n) is 3.88. The summed E-state index contributed by atoms with van der Waals surface area (Å²) in [6.07, 6.45) is 0.839. The van der Waals surface area contributed by atoms with Crippen LogP contribution in [0.5, 0.6) is 0 Å². The first-order chi connectivity index (χ1) is 14.8. The molecule has 0 aromatic heterocycles. The van der Waals surface area contributed by atoms with Gasteiger partial charge in [0.1, 0.15) is 22.2 Å². The van der Waals surface area contributed by atoms with Crippen LogP contribution in [0.3, 0.4) is 0 Å². The van der Waals surface area contributed by atoms with Crippen molar-refractivity contribution in [1.29, 1.82) is 0 Å². The van der Waals surface area contributed by atoms with Crippen molar-refractivity contribution in [3.05, 3.63) is 57.9 Å². The Labute approximate surface area is 189 Å². The van der Waals surface area contributed by atoms with E-state index in [1.807, 2.05) is 0 Å². The fourth-order valence-corrected chi connectivity index (χ4v) is 4.69. The molecule has 0 heterocycles. The fraction of sp³-hybridized carbons (Fsp3) is 0.458. The first-order valence-corrected chi connectivity index (χ1v) is 11.6. The number of benzene rings is 2. The maximum atomic E-state index is 15.9. The van der Waals surface area contributed by atoms with E-state index in [2.05, 4.69) is 4.72 Å². The highest BCUT2D eigenvalue weighted by Gasteiger charge is 2.37. The lowest BCUT2D eigenvalue weighted by molar-refractivity contribution is -0.137. The summed E-state index contributed by atoms with van der Waals surface area (Å²) in [5.74, 6) is -3.56. The molecule has 2 aromatic rings. The number of aryl methyl sites for hydroxylation is 2. The van der Waals surface area contributed by atoms with E-state index >= 15 is 8.78 Å². The first-order valence-electron chi connectivity index (χ1n) is 10.5. The summed E-state index contributed by atoms with van der Waals surface area (Å²) >= 11 is -1.76. The van der Waals surface area contributed by atoms with E-state index in [1.54, 1.807) is 34.6 Å². The predicted octanol–water partition coefficient (Wildman–Crippen LogP) is 5.83. The molecule has 1 aliphatic rings. The monoisotopic (exact) mass is 467 g/mol. The zero-order valence-electron chi connectivity index (χ0n) is 18.8. The van der Waals surface area contributed by atoms with Gasteiger partial charge >= 0.3 is 5.97 Å². The number of carboxylic acid groups (broad SMARTS) is 1. The molecule has 0 aliphatic heterocycles. The highest BCUT2D eigenvalue weighted by atomic mass is 32.2. The van der Waals surface area contributed by atoms with Crippen LogP contribution < -0.4 is 4.72 Å². The van der Waals surface area contributed by atoms with Crippen LogP contribution in [0.4, 0.5) is 13.2 Å². The van der Waals surface area contributed by atoms with Crippen LogP contribution in [0.1, 0.15) is 74.2 Å². The van der Waals surface area contributed by atoms with Crippen molar-refractivity contribution >= 4 is 17.3 Å².